The Morgan fingerprint density at radius 3 is 2.14 bits per heavy atom. The lowest BCUT2D eigenvalue weighted by atomic mass is 9.99. The van der Waals surface area contributed by atoms with Crippen LogP contribution in [0.3, 0.4) is 0 Å². The summed E-state index contributed by atoms with van der Waals surface area (Å²) < 4.78 is 0. The van der Waals surface area contributed by atoms with E-state index in [1.165, 1.54) is 0 Å². The van der Waals surface area contributed by atoms with Crippen LogP contribution in [0.15, 0.2) is 60.7 Å². The van der Waals surface area contributed by atoms with Gasteiger partial charge in [0.2, 0.25) is 0 Å². The molecule has 3 N–H and O–H groups in total. The van der Waals surface area contributed by atoms with Gasteiger partial charge in [-0.15, -0.1) is 0 Å². The Morgan fingerprint density at radius 1 is 0.864 bits per heavy atom. The van der Waals surface area contributed by atoms with Crippen molar-refractivity contribution in [2.45, 2.75) is 6.17 Å². The number of hydrogen-bond acceptors (Lipinski definition) is 3. The molecule has 4 heteroatoms. The molecule has 0 fully saturated rings. The highest BCUT2D eigenvalue weighted by atomic mass is 16.4. The van der Waals surface area contributed by atoms with Crippen molar-refractivity contribution in [3.8, 4) is 0 Å². The Bertz CT molecular complexity index is 848. The second-order valence-electron chi connectivity index (χ2n) is 5.32. The quantitative estimate of drug-likeness (QED) is 0.665. The zero-order valence-electron chi connectivity index (χ0n) is 11.7. The Morgan fingerprint density at radius 2 is 1.50 bits per heavy atom. The number of carbonyl (C=O) groups is 1. The highest BCUT2D eigenvalue weighted by molar-refractivity contribution is 6.05. The summed E-state index contributed by atoms with van der Waals surface area (Å²) in [6, 6.07) is 19.2. The van der Waals surface area contributed by atoms with Gasteiger partial charge in [0.25, 0.3) is 0 Å². The summed E-state index contributed by atoms with van der Waals surface area (Å²) in [5.41, 5.74) is 3.05. The molecule has 3 aromatic carbocycles. The predicted molar refractivity (Wildman–Crippen MR) is 87.3 cm³/mol. The molecular formula is C18H14N2O2. The van der Waals surface area contributed by atoms with Crippen LogP contribution >= 0.6 is 0 Å². The number of benzene rings is 3. The number of nitrogens with one attached hydrogen (secondary N) is 2. The van der Waals surface area contributed by atoms with E-state index >= 15 is 0 Å². The van der Waals surface area contributed by atoms with Crippen LogP contribution in [0.25, 0.3) is 10.8 Å². The van der Waals surface area contributed by atoms with Crippen molar-refractivity contribution in [3.05, 3.63) is 71.8 Å². The molecule has 108 valence electrons. The van der Waals surface area contributed by atoms with Crippen LogP contribution in [-0.4, -0.2) is 11.1 Å². The maximum atomic E-state index is 11.4. The van der Waals surface area contributed by atoms with Gasteiger partial charge in [0.15, 0.2) is 0 Å². The van der Waals surface area contributed by atoms with Gasteiger partial charge >= 0.3 is 5.97 Å². The second kappa shape index (κ2) is 4.77. The highest BCUT2D eigenvalue weighted by Crippen LogP contribution is 2.38. The molecule has 0 aliphatic carbocycles. The van der Waals surface area contributed by atoms with Gasteiger partial charge in [0, 0.05) is 22.3 Å². The fraction of sp³-hybridized carbons (Fsp3) is 0.0556. The molecule has 0 saturated carbocycles. The molecule has 0 radical (unpaired) electrons. The Kier molecular flexibility index (Phi) is 2.76. The minimum Gasteiger partial charge on any atom is -0.478 e. The van der Waals surface area contributed by atoms with Gasteiger partial charge in [-0.1, -0.05) is 42.5 Å². The first-order valence-electron chi connectivity index (χ1n) is 7.11. The Balaban J connectivity index is 1.84. The first-order chi connectivity index (χ1) is 10.7. The molecule has 4 nitrogen and oxygen atoms in total. The van der Waals surface area contributed by atoms with Crippen molar-refractivity contribution in [1.29, 1.82) is 0 Å². The first-order valence-corrected chi connectivity index (χ1v) is 7.11. The van der Waals surface area contributed by atoms with Crippen molar-refractivity contribution in [2.75, 3.05) is 10.6 Å². The predicted octanol–water partition coefficient (Wildman–Crippen LogP) is 4.07. The van der Waals surface area contributed by atoms with E-state index in [0.717, 1.165) is 27.7 Å². The molecule has 0 atom stereocenters. The monoisotopic (exact) mass is 290 g/mol. The molecule has 3 aromatic rings. The first kappa shape index (κ1) is 12.7. The smallest absolute Gasteiger partial charge is 0.336 e. The van der Waals surface area contributed by atoms with Crippen LogP contribution in [0, 0.1) is 0 Å². The lowest BCUT2D eigenvalue weighted by molar-refractivity contribution is 0.0695. The van der Waals surface area contributed by atoms with Crippen molar-refractivity contribution in [1.82, 2.24) is 0 Å². The molecule has 0 spiro atoms. The molecule has 0 unspecified atom stereocenters. The van der Waals surface area contributed by atoms with Crippen molar-refractivity contribution >= 4 is 28.1 Å². The van der Waals surface area contributed by atoms with Crippen LogP contribution in [0.1, 0.15) is 22.1 Å². The average Bonchev–Trinajstić information content (AvgIpc) is 2.55. The third-order valence-electron chi connectivity index (χ3n) is 4.01. The van der Waals surface area contributed by atoms with Crippen LogP contribution in [-0.2, 0) is 0 Å². The minimum atomic E-state index is -0.920. The topological polar surface area (TPSA) is 61.4 Å². The molecular weight excluding hydrogens is 276 g/mol. The third kappa shape index (κ3) is 1.89. The summed E-state index contributed by atoms with van der Waals surface area (Å²) in [4.78, 5) is 11.4. The number of anilines is 2. The van der Waals surface area contributed by atoms with Crippen LogP contribution in [0.5, 0.6) is 0 Å². The summed E-state index contributed by atoms with van der Waals surface area (Å²) in [6.45, 7) is 0. The number of carboxylic acid groups (broad SMARTS) is 1. The van der Waals surface area contributed by atoms with E-state index in [4.69, 9.17) is 0 Å². The molecule has 4 rings (SSSR count). The van der Waals surface area contributed by atoms with Gasteiger partial charge in [0.1, 0.15) is 6.17 Å². The van der Waals surface area contributed by atoms with Gasteiger partial charge < -0.3 is 15.7 Å². The van der Waals surface area contributed by atoms with Crippen LogP contribution < -0.4 is 10.6 Å². The van der Waals surface area contributed by atoms with Crippen molar-refractivity contribution in [3.63, 3.8) is 0 Å². The number of aromatic carboxylic acids is 1. The van der Waals surface area contributed by atoms with Gasteiger partial charge in [0.05, 0.1) is 5.56 Å². The maximum Gasteiger partial charge on any atom is 0.336 e. The Labute approximate surface area is 127 Å². The Hall–Kier alpha value is -3.01. The lowest BCUT2D eigenvalue weighted by Gasteiger charge is -2.30. The summed E-state index contributed by atoms with van der Waals surface area (Å²) in [5, 5.41) is 18.5. The standard InChI is InChI=1S/C18H14N2O2/c21-18(22)13-8-2-1-7-12(13)17-19-14-9-3-5-11-6-4-10-15(20-17)16(11)14/h1-10,17,19-20H,(H,21,22). The molecule has 0 bridgehead atoms. The second-order valence-corrected chi connectivity index (χ2v) is 5.32. The summed E-state index contributed by atoms with van der Waals surface area (Å²) in [5.74, 6) is -0.920. The number of carboxylic acids is 1. The average molecular weight is 290 g/mol. The van der Waals surface area contributed by atoms with Crippen LogP contribution in [0.4, 0.5) is 11.4 Å². The largest absolute Gasteiger partial charge is 0.478 e. The maximum absolute atomic E-state index is 11.4. The molecule has 1 aliphatic rings. The van der Waals surface area contributed by atoms with E-state index in [0.29, 0.717) is 5.56 Å². The number of rotatable bonds is 2. The summed E-state index contributed by atoms with van der Waals surface area (Å²) >= 11 is 0. The van der Waals surface area contributed by atoms with E-state index in [-0.39, 0.29) is 6.17 Å². The van der Waals surface area contributed by atoms with Gasteiger partial charge in [-0.25, -0.2) is 4.79 Å². The van der Waals surface area contributed by atoms with Crippen molar-refractivity contribution < 1.29 is 9.90 Å². The van der Waals surface area contributed by atoms with Gasteiger partial charge in [-0.2, -0.15) is 0 Å². The summed E-state index contributed by atoms with van der Waals surface area (Å²) in [7, 11) is 0. The van der Waals surface area contributed by atoms with E-state index in [1.807, 2.05) is 36.4 Å². The number of hydrogen-bond donors (Lipinski definition) is 3. The van der Waals surface area contributed by atoms with Crippen LogP contribution in [0.2, 0.25) is 0 Å². The summed E-state index contributed by atoms with van der Waals surface area (Å²) in [6.07, 6.45) is -0.271. The SMILES string of the molecule is O=C(O)c1ccccc1C1Nc2cccc3cccc(c23)N1. The fourth-order valence-electron chi connectivity index (χ4n) is 3.03. The van der Waals surface area contributed by atoms with Gasteiger partial charge in [-0.3, -0.25) is 0 Å². The normalized spacial score (nSPS) is 13.5. The minimum absolute atomic E-state index is 0.271. The zero-order chi connectivity index (χ0) is 15.1. The van der Waals surface area contributed by atoms with Gasteiger partial charge in [-0.05, 0) is 23.6 Å². The molecule has 1 aliphatic heterocycles. The van der Waals surface area contributed by atoms with E-state index in [1.54, 1.807) is 12.1 Å². The molecule has 0 saturated heterocycles. The molecule has 0 amide bonds. The van der Waals surface area contributed by atoms with Crippen molar-refractivity contribution in [2.24, 2.45) is 0 Å². The van der Waals surface area contributed by atoms with E-state index in [9.17, 15) is 9.90 Å². The molecule has 22 heavy (non-hydrogen) atoms. The third-order valence-corrected chi connectivity index (χ3v) is 4.01. The molecule has 1 heterocycles. The zero-order valence-corrected chi connectivity index (χ0v) is 11.7. The van der Waals surface area contributed by atoms with E-state index in [2.05, 4.69) is 22.8 Å². The lowest BCUT2D eigenvalue weighted by Crippen LogP contribution is -2.25. The highest BCUT2D eigenvalue weighted by Gasteiger charge is 2.23. The molecule has 0 aromatic heterocycles. The van der Waals surface area contributed by atoms with E-state index < -0.39 is 5.97 Å². The fourth-order valence-corrected chi connectivity index (χ4v) is 3.03.